The number of hydrogen-bond donors (Lipinski definition) is 0. The third kappa shape index (κ3) is 3.01. The van der Waals surface area contributed by atoms with Crippen LogP contribution in [0.1, 0.15) is 0 Å². The van der Waals surface area contributed by atoms with E-state index in [1.807, 2.05) is 0 Å². The highest BCUT2D eigenvalue weighted by atomic mass is 32.2. The minimum atomic E-state index is -0.894. The second-order valence-corrected chi connectivity index (χ2v) is 1.36. The largest absolute Gasteiger partial charge is 0.397 e. The van der Waals surface area contributed by atoms with Crippen molar-refractivity contribution < 1.29 is 9.53 Å². The lowest BCUT2D eigenvalue weighted by Crippen LogP contribution is -1.85. The summed E-state index contributed by atoms with van der Waals surface area (Å²) in [5.41, 5.74) is 0. The fourth-order valence-corrected chi connectivity index (χ4v) is 0.249. The molecular weight excluding hydrogens is 128 g/mol. The minimum absolute atomic E-state index is 0.278. The topological polar surface area (TPSA) is 73.9 Å². The van der Waals surface area contributed by atoms with Crippen LogP contribution >= 0.6 is 11.8 Å². The van der Waals surface area contributed by atoms with E-state index in [1.165, 1.54) is 5.40 Å². The van der Waals surface area contributed by atoms with Crippen molar-refractivity contribution in [2.45, 2.75) is 0 Å². The molecule has 0 atom stereocenters. The fourth-order valence-electron chi connectivity index (χ4n) is 0.0954. The second-order valence-electron chi connectivity index (χ2n) is 0.637. The predicted molar refractivity (Wildman–Crippen MR) is 25.3 cm³/mol. The zero-order valence-electron chi connectivity index (χ0n) is 3.62. The lowest BCUT2D eigenvalue weighted by molar-refractivity contribution is 0.218. The van der Waals surface area contributed by atoms with E-state index in [0.717, 1.165) is 6.26 Å². The second kappa shape index (κ2) is 3.97. The Morgan fingerprint density at radius 1 is 1.62 bits per heavy atom. The van der Waals surface area contributed by atoms with Crippen molar-refractivity contribution in [2.75, 3.05) is 0 Å². The highest BCUT2D eigenvalue weighted by Gasteiger charge is 1.99. The molecular formula is C3N2O2S. The first-order chi connectivity index (χ1) is 3.81. The molecule has 0 aliphatic rings. The number of ether oxygens (including phenoxy) is 1. The average Bonchev–Trinajstić information content (AvgIpc) is 1.68. The molecule has 0 saturated heterocycles. The van der Waals surface area contributed by atoms with Crippen molar-refractivity contribution in [3.63, 3.8) is 0 Å². The Kier molecular flexibility index (Phi) is 3.38. The van der Waals surface area contributed by atoms with Gasteiger partial charge in [-0.3, -0.25) is 0 Å². The van der Waals surface area contributed by atoms with Gasteiger partial charge in [0.15, 0.2) is 0 Å². The molecule has 0 N–H and O–H groups in total. The summed E-state index contributed by atoms with van der Waals surface area (Å²) in [4.78, 5) is 9.94. The van der Waals surface area contributed by atoms with Gasteiger partial charge >= 0.3 is 5.30 Å². The summed E-state index contributed by atoms with van der Waals surface area (Å²) < 4.78 is 3.69. The lowest BCUT2D eigenvalue weighted by Gasteiger charge is -1.79. The molecule has 8 heavy (non-hydrogen) atoms. The molecule has 4 nitrogen and oxygen atoms in total. The van der Waals surface area contributed by atoms with E-state index < -0.39 is 5.30 Å². The molecule has 0 fully saturated rings. The molecule has 0 aliphatic carbocycles. The highest BCUT2D eigenvalue weighted by Crippen LogP contribution is 1.99. The van der Waals surface area contributed by atoms with E-state index in [2.05, 4.69) is 4.74 Å². The Morgan fingerprint density at radius 2 is 2.25 bits per heavy atom. The molecule has 0 bridgehead atoms. The molecule has 40 valence electrons. The number of rotatable bonds is 0. The van der Waals surface area contributed by atoms with Crippen LogP contribution in [0, 0.1) is 22.2 Å². The molecule has 0 aliphatic heterocycles. The Morgan fingerprint density at radius 3 is 2.62 bits per heavy atom. The number of hydrogen-bond acceptors (Lipinski definition) is 5. The van der Waals surface area contributed by atoms with Gasteiger partial charge in [0.05, 0.1) is 11.8 Å². The number of thioether (sulfide) groups is 1. The Hall–Kier alpha value is -1.20. The molecule has 0 heterocycles. The monoisotopic (exact) mass is 128 g/mol. The predicted octanol–water partition coefficient (Wildman–Crippen LogP) is 0.818. The minimum Gasteiger partial charge on any atom is -0.341 e. The average molecular weight is 128 g/mol. The van der Waals surface area contributed by atoms with E-state index in [0.29, 0.717) is 0 Å². The van der Waals surface area contributed by atoms with Gasteiger partial charge in [-0.25, -0.2) is 4.79 Å². The van der Waals surface area contributed by atoms with E-state index >= 15 is 0 Å². The van der Waals surface area contributed by atoms with Crippen LogP contribution in [-0.4, -0.2) is 5.30 Å². The SMILES string of the molecule is N#COC(=O)SC#N. The van der Waals surface area contributed by atoms with Gasteiger partial charge in [0.25, 0.3) is 6.26 Å². The highest BCUT2D eigenvalue weighted by molar-refractivity contribution is 8.17. The standard InChI is InChI=1S/C3N2O2S/c4-1-7-3(6)8-2-5. The summed E-state index contributed by atoms with van der Waals surface area (Å²) in [5.74, 6) is 0. The van der Waals surface area contributed by atoms with E-state index in [4.69, 9.17) is 10.5 Å². The quantitative estimate of drug-likeness (QED) is 0.356. The number of thiocyanates is 1. The van der Waals surface area contributed by atoms with Gasteiger partial charge < -0.3 is 4.74 Å². The number of nitriles is 2. The third-order valence-corrected chi connectivity index (χ3v) is 0.599. The summed E-state index contributed by atoms with van der Waals surface area (Å²) in [6, 6.07) is 0. The summed E-state index contributed by atoms with van der Waals surface area (Å²) in [7, 11) is 0. The first-order valence-corrected chi connectivity index (χ1v) is 2.28. The van der Waals surface area contributed by atoms with Crippen LogP contribution < -0.4 is 0 Å². The van der Waals surface area contributed by atoms with Crippen LogP contribution in [0.5, 0.6) is 0 Å². The van der Waals surface area contributed by atoms with Crippen molar-refractivity contribution >= 4 is 17.1 Å². The number of nitrogens with zero attached hydrogens (tertiary/aromatic N) is 2. The van der Waals surface area contributed by atoms with Gasteiger partial charge in [0.1, 0.15) is 5.40 Å². The van der Waals surface area contributed by atoms with Crippen molar-refractivity contribution in [3.8, 4) is 11.7 Å². The van der Waals surface area contributed by atoms with Crippen LogP contribution in [0.2, 0.25) is 0 Å². The van der Waals surface area contributed by atoms with E-state index in [-0.39, 0.29) is 11.8 Å². The summed E-state index contributed by atoms with van der Waals surface area (Å²) in [5, 5.41) is 16.0. The lowest BCUT2D eigenvalue weighted by atomic mass is 11.4. The molecule has 0 rings (SSSR count). The molecule has 0 aromatic heterocycles. The third-order valence-electron chi connectivity index (χ3n) is 0.258. The molecule has 0 aromatic rings. The van der Waals surface area contributed by atoms with Crippen LogP contribution in [-0.2, 0) is 4.74 Å². The van der Waals surface area contributed by atoms with Crippen LogP contribution in [0.15, 0.2) is 0 Å². The van der Waals surface area contributed by atoms with Gasteiger partial charge in [-0.2, -0.15) is 5.26 Å². The zero-order valence-corrected chi connectivity index (χ0v) is 4.44. The molecule has 0 unspecified atom stereocenters. The molecule has 5 heteroatoms. The van der Waals surface area contributed by atoms with Crippen LogP contribution in [0.25, 0.3) is 0 Å². The van der Waals surface area contributed by atoms with E-state index in [9.17, 15) is 4.79 Å². The number of carbonyl (C=O) groups excluding carboxylic acids is 1. The summed E-state index contributed by atoms with van der Waals surface area (Å²) >= 11 is 0.278. The van der Waals surface area contributed by atoms with Crippen molar-refractivity contribution in [1.82, 2.24) is 0 Å². The first-order valence-electron chi connectivity index (χ1n) is 1.47. The van der Waals surface area contributed by atoms with Gasteiger partial charge in [0, 0.05) is 0 Å². The van der Waals surface area contributed by atoms with Gasteiger partial charge in [0.2, 0.25) is 0 Å². The van der Waals surface area contributed by atoms with Gasteiger partial charge in [-0.05, 0) is 0 Å². The van der Waals surface area contributed by atoms with Crippen LogP contribution in [0.3, 0.4) is 0 Å². The summed E-state index contributed by atoms with van der Waals surface area (Å²) in [6.07, 6.45) is 1.13. The van der Waals surface area contributed by atoms with E-state index in [1.54, 1.807) is 0 Å². The normalized spacial score (nSPS) is 6.25. The van der Waals surface area contributed by atoms with Crippen LogP contribution in [0.4, 0.5) is 4.79 Å². The Labute approximate surface area is 49.7 Å². The first kappa shape index (κ1) is 6.80. The molecule has 0 radical (unpaired) electrons. The molecule has 0 spiro atoms. The van der Waals surface area contributed by atoms with Crippen molar-refractivity contribution in [2.24, 2.45) is 0 Å². The van der Waals surface area contributed by atoms with Gasteiger partial charge in [-0.1, -0.05) is 0 Å². The fraction of sp³-hybridized carbons (Fsp3) is 0. The maximum Gasteiger partial charge on any atom is 0.397 e. The van der Waals surface area contributed by atoms with Gasteiger partial charge in [-0.15, -0.1) is 5.26 Å². The Bertz CT molecular complexity index is 147. The zero-order chi connectivity index (χ0) is 6.41. The molecule has 0 aromatic carbocycles. The maximum atomic E-state index is 9.94. The molecule has 0 amide bonds. The smallest absolute Gasteiger partial charge is 0.341 e. The number of carbonyl (C=O) groups is 1. The Balaban J connectivity index is 3.41. The maximum absolute atomic E-state index is 9.94. The summed E-state index contributed by atoms with van der Waals surface area (Å²) in [6.45, 7) is 0. The van der Waals surface area contributed by atoms with Crippen molar-refractivity contribution in [1.29, 1.82) is 10.5 Å². The molecule has 0 saturated carbocycles. The van der Waals surface area contributed by atoms with Crippen molar-refractivity contribution in [3.05, 3.63) is 0 Å².